The largest absolute Gasteiger partial charge is 0.367 e. The van der Waals surface area contributed by atoms with Gasteiger partial charge in [0.05, 0.1) is 26.9 Å². The molecule has 7 heteroatoms. The lowest BCUT2D eigenvalue weighted by atomic mass is 10.1. The molecule has 7 nitrogen and oxygen atoms in total. The minimum absolute atomic E-state index is 0.0775. The van der Waals surface area contributed by atoms with Crippen molar-refractivity contribution >= 4 is 0 Å². The lowest BCUT2D eigenvalue weighted by Gasteiger charge is -2.14. The second-order valence-corrected chi connectivity index (χ2v) is 5.50. The molecule has 100 valence electrons. The maximum Gasteiger partial charge on any atom is 0.140 e. The average molecular weight is 255 g/mol. The molecule has 0 saturated carbocycles. The fraction of sp³-hybridized carbons (Fsp3) is 0.818. The topological polar surface area (TPSA) is 81.2 Å². The molecule has 4 N–H and O–H groups in total. The second kappa shape index (κ2) is 4.58. The highest BCUT2D eigenvalue weighted by atomic mass is 16.6. The number of nitrogens with one attached hydrogen (secondary N) is 1. The number of rotatable bonds is 3. The van der Waals surface area contributed by atoms with E-state index in [2.05, 4.69) is 30.1 Å². The van der Waals surface area contributed by atoms with Gasteiger partial charge >= 0.3 is 0 Å². The SMILES string of the molecule is C[NH+](C)Cc1cn([C@H]2CO[C@H]3[C@@H]2OC[C@@H]3[NH3+])nn1. The van der Waals surface area contributed by atoms with E-state index in [1.807, 2.05) is 10.9 Å². The second-order valence-electron chi connectivity index (χ2n) is 5.50. The maximum absolute atomic E-state index is 5.77. The van der Waals surface area contributed by atoms with Crippen LogP contribution in [0.25, 0.3) is 0 Å². The molecule has 1 aromatic heterocycles. The van der Waals surface area contributed by atoms with Gasteiger partial charge in [-0.25, -0.2) is 4.68 Å². The fourth-order valence-corrected chi connectivity index (χ4v) is 2.70. The Kier molecular flexibility index (Phi) is 3.06. The van der Waals surface area contributed by atoms with Crippen LogP contribution < -0.4 is 10.6 Å². The summed E-state index contributed by atoms with van der Waals surface area (Å²) >= 11 is 0. The Balaban J connectivity index is 1.73. The quantitative estimate of drug-likeness (QED) is 0.598. The Morgan fingerprint density at radius 1 is 1.39 bits per heavy atom. The first-order chi connectivity index (χ1) is 8.65. The van der Waals surface area contributed by atoms with Crippen molar-refractivity contribution < 1.29 is 20.1 Å². The van der Waals surface area contributed by atoms with Crippen molar-refractivity contribution in [3.05, 3.63) is 11.9 Å². The monoisotopic (exact) mass is 255 g/mol. The first-order valence-electron chi connectivity index (χ1n) is 6.41. The van der Waals surface area contributed by atoms with E-state index < -0.39 is 0 Å². The third-order valence-electron chi connectivity index (χ3n) is 3.56. The minimum atomic E-state index is 0.0775. The van der Waals surface area contributed by atoms with Crippen LogP contribution in [-0.2, 0) is 16.0 Å². The van der Waals surface area contributed by atoms with E-state index in [-0.39, 0.29) is 24.3 Å². The molecule has 0 amide bonds. The van der Waals surface area contributed by atoms with Crippen molar-refractivity contribution in [3.8, 4) is 0 Å². The van der Waals surface area contributed by atoms with Gasteiger partial charge in [0, 0.05) is 0 Å². The van der Waals surface area contributed by atoms with Crippen molar-refractivity contribution in [3.63, 3.8) is 0 Å². The lowest BCUT2D eigenvalue weighted by molar-refractivity contribution is -0.873. The number of quaternary nitrogens is 2. The molecule has 0 aliphatic carbocycles. The van der Waals surface area contributed by atoms with Crippen LogP contribution in [0.4, 0.5) is 0 Å². The van der Waals surface area contributed by atoms with Crippen molar-refractivity contribution in [2.75, 3.05) is 27.3 Å². The molecule has 0 radical (unpaired) electrons. The number of hydrogen-bond donors (Lipinski definition) is 2. The zero-order chi connectivity index (χ0) is 12.7. The first-order valence-corrected chi connectivity index (χ1v) is 6.41. The normalized spacial score (nSPS) is 35.3. The van der Waals surface area contributed by atoms with E-state index in [4.69, 9.17) is 9.47 Å². The van der Waals surface area contributed by atoms with Gasteiger partial charge in [0.2, 0.25) is 0 Å². The molecule has 0 unspecified atom stereocenters. The highest BCUT2D eigenvalue weighted by Crippen LogP contribution is 2.32. The number of hydrogen-bond acceptors (Lipinski definition) is 4. The van der Waals surface area contributed by atoms with Gasteiger partial charge in [0.1, 0.15) is 43.1 Å². The zero-order valence-electron chi connectivity index (χ0n) is 10.9. The third kappa shape index (κ3) is 2.03. The molecule has 3 rings (SSSR count). The van der Waals surface area contributed by atoms with E-state index in [0.29, 0.717) is 13.2 Å². The first kappa shape index (κ1) is 12.0. The van der Waals surface area contributed by atoms with Crippen molar-refractivity contribution in [2.24, 2.45) is 0 Å². The minimum Gasteiger partial charge on any atom is -0.367 e. The Morgan fingerprint density at radius 3 is 2.94 bits per heavy atom. The van der Waals surface area contributed by atoms with Crippen LogP contribution in [0.15, 0.2) is 6.20 Å². The van der Waals surface area contributed by atoms with Gasteiger partial charge in [0.25, 0.3) is 0 Å². The molecule has 0 aromatic carbocycles. The summed E-state index contributed by atoms with van der Waals surface area (Å²) in [6, 6.07) is 0.370. The maximum atomic E-state index is 5.77. The number of aromatic nitrogens is 3. The summed E-state index contributed by atoms with van der Waals surface area (Å²) in [5.41, 5.74) is 5.06. The molecule has 1 aromatic rings. The number of ether oxygens (including phenoxy) is 2. The summed E-state index contributed by atoms with van der Waals surface area (Å²) in [5, 5.41) is 8.41. The summed E-state index contributed by atoms with van der Waals surface area (Å²) in [6.45, 7) is 2.19. The Bertz CT molecular complexity index is 421. The average Bonchev–Trinajstić information content (AvgIpc) is 2.96. The molecule has 2 fully saturated rings. The van der Waals surface area contributed by atoms with Crippen LogP contribution in [0.3, 0.4) is 0 Å². The van der Waals surface area contributed by atoms with Crippen LogP contribution in [0.2, 0.25) is 0 Å². The van der Waals surface area contributed by atoms with Gasteiger partial charge < -0.3 is 20.1 Å². The predicted molar refractivity (Wildman–Crippen MR) is 61.7 cm³/mol. The van der Waals surface area contributed by atoms with Gasteiger partial charge in [0.15, 0.2) is 0 Å². The molecule has 0 spiro atoms. The summed E-state index contributed by atoms with van der Waals surface area (Å²) in [4.78, 5) is 1.33. The van der Waals surface area contributed by atoms with Gasteiger partial charge in [-0.15, -0.1) is 5.10 Å². The standard InChI is InChI=1S/C11H19N5O2/c1-15(2)3-7-4-16(14-13-7)9-6-18-10-8(12)5-17-11(9)10/h4,8-11H,3,5-6,12H2,1-2H3/p+2/t8-,9-,10+,11+/m0/s1. The molecular weight excluding hydrogens is 234 g/mol. The van der Waals surface area contributed by atoms with Gasteiger partial charge in [-0.05, 0) is 0 Å². The van der Waals surface area contributed by atoms with Crippen LogP contribution in [-0.4, -0.2) is 60.6 Å². The van der Waals surface area contributed by atoms with Crippen molar-refractivity contribution in [1.29, 1.82) is 0 Å². The molecule has 2 aliphatic rings. The summed E-state index contributed by atoms with van der Waals surface area (Å²) < 4.78 is 13.4. The summed E-state index contributed by atoms with van der Waals surface area (Å²) in [7, 11) is 4.20. The van der Waals surface area contributed by atoms with Crippen LogP contribution in [0.5, 0.6) is 0 Å². The van der Waals surface area contributed by atoms with Crippen molar-refractivity contribution in [1.82, 2.24) is 15.0 Å². The number of nitrogens with zero attached hydrogens (tertiary/aromatic N) is 3. The Hall–Kier alpha value is -1.02. The molecule has 2 aliphatic heterocycles. The predicted octanol–water partition coefficient (Wildman–Crippen LogP) is -3.13. The lowest BCUT2D eigenvalue weighted by Crippen LogP contribution is -3.04. The van der Waals surface area contributed by atoms with Crippen LogP contribution in [0.1, 0.15) is 11.7 Å². The zero-order valence-corrected chi connectivity index (χ0v) is 10.9. The van der Waals surface area contributed by atoms with Crippen LogP contribution >= 0.6 is 0 Å². The van der Waals surface area contributed by atoms with E-state index >= 15 is 0 Å². The third-order valence-corrected chi connectivity index (χ3v) is 3.56. The fourth-order valence-electron chi connectivity index (χ4n) is 2.70. The van der Waals surface area contributed by atoms with Gasteiger partial charge in [-0.1, -0.05) is 5.21 Å². The Morgan fingerprint density at radius 2 is 2.17 bits per heavy atom. The Labute approximate surface area is 106 Å². The van der Waals surface area contributed by atoms with E-state index in [9.17, 15) is 0 Å². The summed E-state index contributed by atoms with van der Waals surface area (Å²) in [5.74, 6) is 0. The molecule has 2 saturated heterocycles. The van der Waals surface area contributed by atoms with Crippen molar-refractivity contribution in [2.45, 2.75) is 30.8 Å². The van der Waals surface area contributed by atoms with Crippen LogP contribution in [0, 0.1) is 0 Å². The highest BCUT2D eigenvalue weighted by molar-refractivity contribution is 4.99. The molecule has 18 heavy (non-hydrogen) atoms. The van der Waals surface area contributed by atoms with E-state index in [1.165, 1.54) is 4.90 Å². The smallest absolute Gasteiger partial charge is 0.140 e. The summed E-state index contributed by atoms with van der Waals surface area (Å²) in [6.07, 6.45) is 2.19. The van der Waals surface area contributed by atoms with E-state index in [0.717, 1.165) is 12.2 Å². The highest BCUT2D eigenvalue weighted by Gasteiger charge is 2.49. The van der Waals surface area contributed by atoms with Gasteiger partial charge in [-0.2, -0.15) is 0 Å². The molecule has 4 atom stereocenters. The number of fused-ring (bicyclic) bond motifs is 1. The molecule has 3 heterocycles. The van der Waals surface area contributed by atoms with Gasteiger partial charge in [-0.3, -0.25) is 0 Å². The molecular formula is C11H21N5O2+2. The molecule has 0 bridgehead atoms. The van der Waals surface area contributed by atoms with E-state index in [1.54, 1.807) is 0 Å².